The van der Waals surface area contributed by atoms with Crippen molar-refractivity contribution in [3.63, 3.8) is 0 Å². The summed E-state index contributed by atoms with van der Waals surface area (Å²) in [7, 11) is 4.45. The fourth-order valence-electron chi connectivity index (χ4n) is 2.83. The predicted molar refractivity (Wildman–Crippen MR) is 92.2 cm³/mol. The number of aromatic hydroxyl groups is 1. The zero-order chi connectivity index (χ0) is 18.0. The Kier molecular flexibility index (Phi) is 4.52. The maximum atomic E-state index is 13.1. The average Bonchev–Trinajstić information content (AvgIpc) is 2.66. The van der Waals surface area contributed by atoms with Gasteiger partial charge in [0.2, 0.25) is 5.75 Å². The molecule has 6 heteroatoms. The van der Waals surface area contributed by atoms with Gasteiger partial charge in [0.1, 0.15) is 6.61 Å². The van der Waals surface area contributed by atoms with E-state index in [0.717, 1.165) is 0 Å². The molecular weight excluding hydrogens is 324 g/mol. The number of rotatable bonds is 5. The van der Waals surface area contributed by atoms with E-state index in [1.165, 1.54) is 27.4 Å². The van der Waals surface area contributed by atoms with Gasteiger partial charge in [-0.3, -0.25) is 4.79 Å². The van der Waals surface area contributed by atoms with Crippen LogP contribution in [-0.2, 0) is 0 Å². The van der Waals surface area contributed by atoms with E-state index in [1.807, 2.05) is 0 Å². The van der Waals surface area contributed by atoms with Gasteiger partial charge in [0.25, 0.3) is 0 Å². The first kappa shape index (κ1) is 16.7. The molecule has 0 unspecified atom stereocenters. The van der Waals surface area contributed by atoms with Gasteiger partial charge in [-0.15, -0.1) is 0 Å². The van der Waals surface area contributed by atoms with Gasteiger partial charge in [-0.2, -0.15) is 0 Å². The van der Waals surface area contributed by atoms with Crippen molar-refractivity contribution in [2.75, 3.05) is 27.9 Å². The number of carbonyl (C=O) groups excluding carboxylic acids is 1. The minimum Gasteiger partial charge on any atom is -0.504 e. The molecule has 0 spiro atoms. The molecule has 6 nitrogen and oxygen atoms in total. The maximum Gasteiger partial charge on any atom is 0.204 e. The highest BCUT2D eigenvalue weighted by Crippen LogP contribution is 2.42. The summed E-state index contributed by atoms with van der Waals surface area (Å²) in [5.74, 6) is 1.11. The van der Waals surface area contributed by atoms with Crippen molar-refractivity contribution < 1.29 is 28.8 Å². The quantitative estimate of drug-likeness (QED) is 0.842. The highest BCUT2D eigenvalue weighted by molar-refractivity contribution is 6.14. The van der Waals surface area contributed by atoms with Crippen molar-refractivity contribution >= 4 is 11.9 Å². The summed E-state index contributed by atoms with van der Waals surface area (Å²) in [6, 6.07) is 6.27. The third kappa shape index (κ3) is 2.76. The molecule has 0 bridgehead atoms. The van der Waals surface area contributed by atoms with E-state index in [9.17, 15) is 9.90 Å². The van der Waals surface area contributed by atoms with Gasteiger partial charge < -0.3 is 24.1 Å². The molecule has 0 amide bonds. The van der Waals surface area contributed by atoms with Crippen molar-refractivity contribution in [2.45, 2.75) is 0 Å². The SMILES string of the molecule is COc1ccc(C(=O)c2ccc(O)c3c2C=CCO3)c(OC)c1OC. The summed E-state index contributed by atoms with van der Waals surface area (Å²) in [6.07, 6.45) is 3.55. The zero-order valence-electron chi connectivity index (χ0n) is 14.2. The lowest BCUT2D eigenvalue weighted by Crippen LogP contribution is -2.10. The Morgan fingerprint density at radius 2 is 1.72 bits per heavy atom. The number of hydrogen-bond acceptors (Lipinski definition) is 6. The molecule has 25 heavy (non-hydrogen) atoms. The second-order valence-electron chi connectivity index (χ2n) is 5.30. The number of fused-ring (bicyclic) bond motifs is 1. The maximum absolute atomic E-state index is 13.1. The van der Waals surface area contributed by atoms with Gasteiger partial charge in [-0.25, -0.2) is 0 Å². The smallest absolute Gasteiger partial charge is 0.204 e. The monoisotopic (exact) mass is 342 g/mol. The lowest BCUT2D eigenvalue weighted by molar-refractivity contribution is 0.103. The first-order valence-electron chi connectivity index (χ1n) is 7.61. The Balaban J connectivity index is 2.16. The van der Waals surface area contributed by atoms with Crippen molar-refractivity contribution in [3.05, 3.63) is 47.0 Å². The average molecular weight is 342 g/mol. The van der Waals surface area contributed by atoms with Crippen molar-refractivity contribution in [1.29, 1.82) is 0 Å². The number of methoxy groups -OCH3 is 3. The molecule has 1 aliphatic heterocycles. The van der Waals surface area contributed by atoms with Crippen LogP contribution in [0, 0.1) is 0 Å². The third-order valence-corrected chi connectivity index (χ3v) is 3.98. The standard InChI is InChI=1S/C19H18O6/c1-22-15-9-7-13(18(23-2)19(15)24-3)16(21)11-6-8-14(20)17-12(11)5-4-10-25-17/h4-9,20H,10H2,1-3H3. The molecule has 2 aromatic rings. The van der Waals surface area contributed by atoms with Crippen molar-refractivity contribution in [1.82, 2.24) is 0 Å². The van der Waals surface area contributed by atoms with Crippen LogP contribution in [0.25, 0.3) is 6.08 Å². The van der Waals surface area contributed by atoms with E-state index in [1.54, 1.807) is 30.4 Å². The molecular formula is C19H18O6. The normalized spacial score (nSPS) is 12.1. The van der Waals surface area contributed by atoms with E-state index in [-0.39, 0.29) is 17.3 Å². The summed E-state index contributed by atoms with van der Waals surface area (Å²) in [5, 5.41) is 9.95. The number of ketones is 1. The van der Waals surface area contributed by atoms with Gasteiger partial charge in [-0.1, -0.05) is 6.08 Å². The van der Waals surface area contributed by atoms with Gasteiger partial charge in [0.15, 0.2) is 28.8 Å². The van der Waals surface area contributed by atoms with Crippen LogP contribution in [0.3, 0.4) is 0 Å². The minimum absolute atomic E-state index is 0.00447. The molecule has 1 N–H and O–H groups in total. The number of hydrogen-bond donors (Lipinski definition) is 1. The van der Waals surface area contributed by atoms with Crippen LogP contribution in [-0.4, -0.2) is 38.8 Å². The minimum atomic E-state index is -0.274. The Hall–Kier alpha value is -3.15. The summed E-state index contributed by atoms with van der Waals surface area (Å²) in [6.45, 7) is 0.345. The topological polar surface area (TPSA) is 74.2 Å². The Morgan fingerprint density at radius 3 is 2.40 bits per heavy atom. The van der Waals surface area contributed by atoms with Gasteiger partial charge in [-0.05, 0) is 30.3 Å². The number of benzene rings is 2. The highest BCUT2D eigenvalue weighted by atomic mass is 16.5. The summed E-state index contributed by atoms with van der Waals surface area (Å²) in [5.41, 5.74) is 1.26. The second kappa shape index (κ2) is 6.76. The van der Waals surface area contributed by atoms with Crippen molar-refractivity contribution in [2.24, 2.45) is 0 Å². The molecule has 0 saturated heterocycles. The van der Waals surface area contributed by atoms with E-state index < -0.39 is 0 Å². The Labute approximate surface area is 145 Å². The molecule has 3 rings (SSSR count). The van der Waals surface area contributed by atoms with E-state index in [0.29, 0.717) is 40.5 Å². The van der Waals surface area contributed by atoms with Crippen LogP contribution < -0.4 is 18.9 Å². The zero-order valence-corrected chi connectivity index (χ0v) is 14.2. The largest absolute Gasteiger partial charge is 0.504 e. The lowest BCUT2D eigenvalue weighted by Gasteiger charge is -2.18. The fourth-order valence-corrected chi connectivity index (χ4v) is 2.83. The molecule has 130 valence electrons. The second-order valence-corrected chi connectivity index (χ2v) is 5.30. The molecule has 0 fully saturated rings. The summed E-state index contributed by atoms with van der Waals surface area (Å²) >= 11 is 0. The number of ether oxygens (including phenoxy) is 4. The van der Waals surface area contributed by atoms with Crippen LogP contribution >= 0.6 is 0 Å². The van der Waals surface area contributed by atoms with Crippen LogP contribution in [0.1, 0.15) is 21.5 Å². The Bertz CT molecular complexity index is 853. The van der Waals surface area contributed by atoms with Crippen molar-refractivity contribution in [3.8, 4) is 28.7 Å². The molecule has 0 aliphatic carbocycles. The number of phenols is 1. The lowest BCUT2D eigenvalue weighted by atomic mass is 9.95. The molecule has 0 radical (unpaired) electrons. The predicted octanol–water partition coefficient (Wildman–Crippen LogP) is 3.05. The summed E-state index contributed by atoms with van der Waals surface area (Å²) in [4.78, 5) is 13.1. The van der Waals surface area contributed by atoms with Crippen LogP contribution in [0.4, 0.5) is 0 Å². The van der Waals surface area contributed by atoms with Gasteiger partial charge >= 0.3 is 0 Å². The molecule has 0 aromatic heterocycles. The van der Waals surface area contributed by atoms with E-state index in [2.05, 4.69) is 0 Å². The number of phenolic OH excluding ortho intramolecular Hbond substituents is 1. The molecule has 1 aliphatic rings. The highest BCUT2D eigenvalue weighted by Gasteiger charge is 2.25. The molecule has 0 atom stereocenters. The fraction of sp³-hybridized carbons (Fsp3) is 0.211. The molecule has 1 heterocycles. The van der Waals surface area contributed by atoms with Crippen LogP contribution in [0.15, 0.2) is 30.3 Å². The molecule has 0 saturated carbocycles. The van der Waals surface area contributed by atoms with Crippen LogP contribution in [0.5, 0.6) is 28.7 Å². The first-order chi connectivity index (χ1) is 12.1. The Morgan fingerprint density at radius 1 is 1.00 bits per heavy atom. The van der Waals surface area contributed by atoms with E-state index in [4.69, 9.17) is 18.9 Å². The van der Waals surface area contributed by atoms with Gasteiger partial charge in [0, 0.05) is 11.1 Å². The van der Waals surface area contributed by atoms with Gasteiger partial charge in [0.05, 0.1) is 26.9 Å². The number of carbonyl (C=O) groups is 1. The first-order valence-corrected chi connectivity index (χ1v) is 7.61. The summed E-state index contributed by atoms with van der Waals surface area (Å²) < 4.78 is 21.4. The third-order valence-electron chi connectivity index (χ3n) is 3.98. The van der Waals surface area contributed by atoms with Crippen LogP contribution in [0.2, 0.25) is 0 Å². The molecule has 2 aromatic carbocycles. The van der Waals surface area contributed by atoms with E-state index >= 15 is 0 Å².